The molecule has 2 aromatic carbocycles. The maximum absolute atomic E-state index is 13.5. The summed E-state index contributed by atoms with van der Waals surface area (Å²) in [6.07, 6.45) is 4.81. The van der Waals surface area contributed by atoms with Gasteiger partial charge in [-0.25, -0.2) is 9.18 Å². The second-order valence-electron chi connectivity index (χ2n) is 7.87. The van der Waals surface area contributed by atoms with E-state index in [2.05, 4.69) is 10.3 Å². The lowest BCUT2D eigenvalue weighted by Gasteiger charge is -2.11. The summed E-state index contributed by atoms with van der Waals surface area (Å²) in [6, 6.07) is 7.85. The molecule has 32 heavy (non-hydrogen) atoms. The Bertz CT molecular complexity index is 1410. The molecule has 0 atom stereocenters. The molecular formula is C24H20ClFN2O4. The fourth-order valence-corrected chi connectivity index (χ4v) is 4.50. The maximum atomic E-state index is 13.5. The second kappa shape index (κ2) is 8.31. The highest BCUT2D eigenvalue weighted by Gasteiger charge is 2.21. The average molecular weight is 455 g/mol. The number of rotatable bonds is 6. The molecule has 0 bridgehead atoms. The molecule has 1 aliphatic rings. The van der Waals surface area contributed by atoms with E-state index in [-0.39, 0.29) is 29.7 Å². The zero-order chi connectivity index (χ0) is 22.2. The number of aromatic amines is 1. The van der Waals surface area contributed by atoms with E-state index >= 15 is 0 Å². The molecule has 0 saturated heterocycles. The van der Waals surface area contributed by atoms with E-state index in [0.717, 1.165) is 52.2 Å². The molecule has 0 spiro atoms. The molecule has 8 heteroatoms. The first kappa shape index (κ1) is 20.6. The molecular weight excluding hydrogens is 435 g/mol. The maximum Gasteiger partial charge on any atom is 0.339 e. The lowest BCUT2D eigenvalue weighted by atomic mass is 10.1. The van der Waals surface area contributed by atoms with Crippen LogP contribution in [0.5, 0.6) is 5.75 Å². The molecule has 5 rings (SSSR count). The Labute approximate surface area is 187 Å². The predicted molar refractivity (Wildman–Crippen MR) is 120 cm³/mol. The van der Waals surface area contributed by atoms with Crippen LogP contribution in [0.1, 0.15) is 23.1 Å². The number of aromatic nitrogens is 1. The fraction of sp³-hybridized carbons (Fsp3) is 0.250. The van der Waals surface area contributed by atoms with Gasteiger partial charge in [-0.15, -0.1) is 0 Å². The summed E-state index contributed by atoms with van der Waals surface area (Å²) in [5.74, 6) is -0.339. The number of amides is 1. The van der Waals surface area contributed by atoms with E-state index in [0.29, 0.717) is 23.6 Å². The van der Waals surface area contributed by atoms with Crippen LogP contribution in [0.25, 0.3) is 21.9 Å². The van der Waals surface area contributed by atoms with Crippen LogP contribution in [-0.4, -0.2) is 24.0 Å². The summed E-state index contributed by atoms with van der Waals surface area (Å²) in [5.41, 5.74) is 3.55. The Morgan fingerprint density at radius 2 is 2.03 bits per heavy atom. The summed E-state index contributed by atoms with van der Waals surface area (Å²) in [6.45, 7) is 0.140. The number of hydrogen-bond acceptors (Lipinski definition) is 4. The van der Waals surface area contributed by atoms with Gasteiger partial charge in [0.25, 0.3) is 5.91 Å². The van der Waals surface area contributed by atoms with Crippen LogP contribution in [-0.2, 0) is 24.1 Å². The highest BCUT2D eigenvalue weighted by Crippen LogP contribution is 2.34. The molecule has 164 valence electrons. The smallest absolute Gasteiger partial charge is 0.339 e. The Hall–Kier alpha value is -3.32. The lowest BCUT2D eigenvalue weighted by Crippen LogP contribution is -2.30. The Balaban J connectivity index is 1.22. The SMILES string of the molecule is O=C(COc1cc2oc(=O)c3c(c2cc1Cl)CCC3)NCCc1c[nH]c2ccc(F)cc12. The summed E-state index contributed by atoms with van der Waals surface area (Å²) >= 11 is 6.36. The summed E-state index contributed by atoms with van der Waals surface area (Å²) in [5, 5.41) is 4.75. The molecule has 4 aromatic rings. The first-order chi connectivity index (χ1) is 15.5. The van der Waals surface area contributed by atoms with Crippen LogP contribution in [0.15, 0.2) is 45.7 Å². The molecule has 0 aliphatic heterocycles. The normalized spacial score (nSPS) is 12.9. The minimum atomic E-state index is -0.326. The van der Waals surface area contributed by atoms with E-state index in [1.54, 1.807) is 18.2 Å². The number of fused-ring (bicyclic) bond motifs is 4. The third-order valence-corrected chi connectivity index (χ3v) is 6.13. The molecule has 2 heterocycles. The van der Waals surface area contributed by atoms with Crippen molar-refractivity contribution in [1.29, 1.82) is 0 Å². The minimum Gasteiger partial charge on any atom is -0.482 e. The monoisotopic (exact) mass is 454 g/mol. The largest absolute Gasteiger partial charge is 0.482 e. The number of carbonyl (C=O) groups is 1. The predicted octanol–water partition coefficient (Wildman–Crippen LogP) is 4.29. The van der Waals surface area contributed by atoms with Crippen molar-refractivity contribution in [3.8, 4) is 5.75 Å². The van der Waals surface area contributed by atoms with Crippen LogP contribution in [0.2, 0.25) is 5.02 Å². The van der Waals surface area contributed by atoms with Gasteiger partial charge < -0.3 is 19.5 Å². The lowest BCUT2D eigenvalue weighted by molar-refractivity contribution is -0.123. The van der Waals surface area contributed by atoms with Gasteiger partial charge in [0.05, 0.1) is 5.02 Å². The topological polar surface area (TPSA) is 84.3 Å². The van der Waals surface area contributed by atoms with Crippen LogP contribution < -0.4 is 15.7 Å². The minimum absolute atomic E-state index is 0.233. The summed E-state index contributed by atoms with van der Waals surface area (Å²) in [4.78, 5) is 27.5. The van der Waals surface area contributed by atoms with Crippen molar-refractivity contribution >= 4 is 39.4 Å². The zero-order valence-corrected chi connectivity index (χ0v) is 17.9. The first-order valence-electron chi connectivity index (χ1n) is 10.4. The van der Waals surface area contributed by atoms with Gasteiger partial charge in [0.1, 0.15) is 17.1 Å². The molecule has 6 nitrogen and oxygen atoms in total. The quantitative estimate of drug-likeness (QED) is 0.425. The van der Waals surface area contributed by atoms with Gasteiger partial charge in [0.2, 0.25) is 0 Å². The summed E-state index contributed by atoms with van der Waals surface area (Å²) in [7, 11) is 0. The molecule has 0 radical (unpaired) electrons. The van der Waals surface area contributed by atoms with Crippen molar-refractivity contribution < 1.29 is 18.3 Å². The van der Waals surface area contributed by atoms with Crippen LogP contribution in [0, 0.1) is 5.82 Å². The fourth-order valence-electron chi connectivity index (χ4n) is 4.28. The molecule has 0 unspecified atom stereocenters. The van der Waals surface area contributed by atoms with Gasteiger partial charge in [0.15, 0.2) is 6.61 Å². The Morgan fingerprint density at radius 3 is 2.91 bits per heavy atom. The number of hydrogen-bond donors (Lipinski definition) is 2. The van der Waals surface area contributed by atoms with E-state index in [9.17, 15) is 14.0 Å². The van der Waals surface area contributed by atoms with Crippen molar-refractivity contribution in [3.63, 3.8) is 0 Å². The van der Waals surface area contributed by atoms with E-state index < -0.39 is 0 Å². The number of ether oxygens (including phenoxy) is 1. The molecule has 1 amide bonds. The zero-order valence-electron chi connectivity index (χ0n) is 17.1. The number of nitrogens with one attached hydrogen (secondary N) is 2. The van der Waals surface area contributed by atoms with Crippen LogP contribution in [0.3, 0.4) is 0 Å². The highest BCUT2D eigenvalue weighted by molar-refractivity contribution is 6.32. The molecule has 0 fully saturated rings. The number of carbonyl (C=O) groups excluding carboxylic acids is 1. The number of halogens is 2. The third-order valence-electron chi connectivity index (χ3n) is 5.83. The summed E-state index contributed by atoms with van der Waals surface area (Å²) < 4.78 is 24.5. The first-order valence-corrected chi connectivity index (χ1v) is 10.8. The third kappa shape index (κ3) is 3.84. The Morgan fingerprint density at radius 1 is 1.19 bits per heavy atom. The van der Waals surface area contributed by atoms with Gasteiger partial charge in [0, 0.05) is 40.7 Å². The van der Waals surface area contributed by atoms with Crippen molar-refractivity contribution in [1.82, 2.24) is 10.3 Å². The van der Waals surface area contributed by atoms with Crippen molar-refractivity contribution in [2.75, 3.05) is 13.2 Å². The number of H-pyrrole nitrogens is 1. The molecule has 2 aromatic heterocycles. The van der Waals surface area contributed by atoms with E-state index in [1.807, 2.05) is 6.20 Å². The van der Waals surface area contributed by atoms with E-state index in [4.69, 9.17) is 20.8 Å². The highest BCUT2D eigenvalue weighted by atomic mass is 35.5. The van der Waals surface area contributed by atoms with Crippen LogP contribution in [0.4, 0.5) is 4.39 Å². The Kier molecular flexibility index (Phi) is 5.35. The van der Waals surface area contributed by atoms with Crippen molar-refractivity contribution in [2.45, 2.75) is 25.7 Å². The van der Waals surface area contributed by atoms with Gasteiger partial charge in [-0.3, -0.25) is 4.79 Å². The van der Waals surface area contributed by atoms with E-state index in [1.165, 1.54) is 12.1 Å². The second-order valence-corrected chi connectivity index (χ2v) is 8.28. The number of benzene rings is 2. The van der Waals surface area contributed by atoms with Crippen LogP contribution >= 0.6 is 11.6 Å². The average Bonchev–Trinajstić information content (AvgIpc) is 3.41. The molecule has 2 N–H and O–H groups in total. The molecule has 1 aliphatic carbocycles. The van der Waals surface area contributed by atoms with Gasteiger partial charge in [-0.05, 0) is 61.1 Å². The van der Waals surface area contributed by atoms with Gasteiger partial charge in [-0.1, -0.05) is 11.6 Å². The van der Waals surface area contributed by atoms with Gasteiger partial charge >= 0.3 is 5.63 Å². The van der Waals surface area contributed by atoms with Crippen molar-refractivity contribution in [2.24, 2.45) is 0 Å². The number of aryl methyl sites for hydroxylation is 1. The molecule has 0 saturated carbocycles. The van der Waals surface area contributed by atoms with Gasteiger partial charge in [-0.2, -0.15) is 0 Å². The standard InChI is InChI=1S/C24H20ClFN2O4/c25-19-9-18-15-2-1-3-16(15)24(30)32-21(18)10-22(19)31-12-23(29)27-7-6-13-11-28-20-5-4-14(26)8-17(13)20/h4-5,8-11,28H,1-3,6-7,12H2,(H,27,29). The van der Waals surface area contributed by atoms with Crippen molar-refractivity contribution in [3.05, 3.63) is 74.5 Å².